The first-order chi connectivity index (χ1) is 9.10. The summed E-state index contributed by atoms with van der Waals surface area (Å²) in [6.45, 7) is 3.67. The molecule has 5 heteroatoms. The summed E-state index contributed by atoms with van der Waals surface area (Å²) in [5.41, 5.74) is 1.06. The number of hydrogen-bond acceptors (Lipinski definition) is 4. The number of hydrogen-bond donors (Lipinski definition) is 2. The third-order valence-electron chi connectivity index (χ3n) is 2.76. The normalized spacial score (nSPS) is 11.8. The van der Waals surface area contributed by atoms with Gasteiger partial charge >= 0.3 is 0 Å². The van der Waals surface area contributed by atoms with Gasteiger partial charge in [-0.1, -0.05) is 13.0 Å². The first-order valence-electron chi connectivity index (χ1n) is 6.28. The van der Waals surface area contributed by atoms with Crippen molar-refractivity contribution in [1.82, 2.24) is 5.32 Å². The van der Waals surface area contributed by atoms with Crippen molar-refractivity contribution >= 4 is 5.91 Å². The van der Waals surface area contributed by atoms with Crippen molar-refractivity contribution in [3.05, 3.63) is 23.8 Å². The minimum atomic E-state index is -0.261. The number of amides is 1. The van der Waals surface area contributed by atoms with Crippen molar-refractivity contribution in [2.75, 3.05) is 20.3 Å². The third kappa shape index (κ3) is 4.79. The monoisotopic (exact) mass is 267 g/mol. The van der Waals surface area contributed by atoms with Crippen molar-refractivity contribution in [2.24, 2.45) is 0 Å². The van der Waals surface area contributed by atoms with E-state index in [9.17, 15) is 4.79 Å². The van der Waals surface area contributed by atoms with Crippen molar-refractivity contribution in [2.45, 2.75) is 26.3 Å². The van der Waals surface area contributed by atoms with Crippen LogP contribution in [0.4, 0.5) is 0 Å². The fraction of sp³-hybridized carbons (Fsp3) is 0.500. The molecule has 0 saturated heterocycles. The summed E-state index contributed by atoms with van der Waals surface area (Å²) >= 11 is 0. The molecule has 0 saturated carbocycles. The minimum absolute atomic E-state index is 0.0733. The van der Waals surface area contributed by atoms with Gasteiger partial charge < -0.3 is 19.9 Å². The predicted molar refractivity (Wildman–Crippen MR) is 72.5 cm³/mol. The van der Waals surface area contributed by atoms with Crippen LogP contribution >= 0.6 is 0 Å². The number of methoxy groups -OCH3 is 1. The molecule has 0 radical (unpaired) electrons. The largest absolute Gasteiger partial charge is 0.493 e. The number of carbonyl (C=O) groups is 1. The van der Waals surface area contributed by atoms with Crippen LogP contribution in [0.5, 0.6) is 11.5 Å². The van der Waals surface area contributed by atoms with E-state index in [2.05, 4.69) is 5.32 Å². The molecule has 1 atom stereocenters. The highest BCUT2D eigenvalue weighted by Crippen LogP contribution is 2.27. The van der Waals surface area contributed by atoms with Gasteiger partial charge in [-0.2, -0.15) is 0 Å². The molecule has 0 fully saturated rings. The van der Waals surface area contributed by atoms with Crippen molar-refractivity contribution < 1.29 is 19.4 Å². The number of nitrogens with one attached hydrogen (secondary N) is 1. The van der Waals surface area contributed by atoms with E-state index >= 15 is 0 Å². The number of rotatable bonds is 7. The topological polar surface area (TPSA) is 67.8 Å². The maximum atomic E-state index is 11.6. The number of ether oxygens (including phenoxy) is 2. The number of aliphatic hydroxyl groups is 1. The zero-order valence-corrected chi connectivity index (χ0v) is 11.6. The molecule has 5 nitrogen and oxygen atoms in total. The molecule has 2 N–H and O–H groups in total. The number of benzene rings is 1. The van der Waals surface area contributed by atoms with Crippen LogP contribution < -0.4 is 14.8 Å². The summed E-state index contributed by atoms with van der Waals surface area (Å²) in [4.78, 5) is 11.6. The molecular formula is C14H21NO4. The van der Waals surface area contributed by atoms with Crippen molar-refractivity contribution in [1.29, 1.82) is 0 Å². The second-order valence-electron chi connectivity index (χ2n) is 4.30. The lowest BCUT2D eigenvalue weighted by Crippen LogP contribution is -2.39. The Balaban J connectivity index is 2.54. The smallest absolute Gasteiger partial charge is 0.258 e. The van der Waals surface area contributed by atoms with Gasteiger partial charge in [-0.05, 0) is 31.0 Å². The van der Waals surface area contributed by atoms with Crippen LogP contribution in [0, 0.1) is 6.92 Å². The van der Waals surface area contributed by atoms with Crippen LogP contribution in [0.2, 0.25) is 0 Å². The van der Waals surface area contributed by atoms with Gasteiger partial charge in [0.05, 0.1) is 19.8 Å². The Labute approximate surface area is 113 Å². The molecule has 0 aliphatic rings. The molecule has 1 aromatic rings. The van der Waals surface area contributed by atoms with E-state index in [1.807, 2.05) is 26.0 Å². The molecule has 19 heavy (non-hydrogen) atoms. The van der Waals surface area contributed by atoms with E-state index in [0.29, 0.717) is 17.9 Å². The van der Waals surface area contributed by atoms with Crippen LogP contribution in [0.25, 0.3) is 0 Å². The summed E-state index contributed by atoms with van der Waals surface area (Å²) < 4.78 is 10.6. The van der Waals surface area contributed by atoms with Crippen LogP contribution in [-0.2, 0) is 4.79 Å². The van der Waals surface area contributed by atoms with Crippen molar-refractivity contribution in [3.63, 3.8) is 0 Å². The zero-order chi connectivity index (χ0) is 14.3. The molecule has 1 rings (SSSR count). The molecule has 0 heterocycles. The van der Waals surface area contributed by atoms with Crippen LogP contribution in [0.3, 0.4) is 0 Å². The van der Waals surface area contributed by atoms with Gasteiger partial charge in [-0.15, -0.1) is 0 Å². The molecule has 0 aliphatic carbocycles. The maximum Gasteiger partial charge on any atom is 0.258 e. The average Bonchev–Trinajstić information content (AvgIpc) is 2.43. The molecule has 0 aromatic heterocycles. The van der Waals surface area contributed by atoms with Gasteiger partial charge in [0.1, 0.15) is 0 Å². The van der Waals surface area contributed by atoms with Crippen molar-refractivity contribution in [3.8, 4) is 11.5 Å². The Kier molecular flexibility index (Phi) is 6.15. The zero-order valence-electron chi connectivity index (χ0n) is 11.6. The van der Waals surface area contributed by atoms with E-state index in [1.54, 1.807) is 13.2 Å². The van der Waals surface area contributed by atoms with Gasteiger partial charge in [0, 0.05) is 0 Å². The van der Waals surface area contributed by atoms with Gasteiger partial charge in [-0.25, -0.2) is 0 Å². The Bertz CT molecular complexity index is 416. The van der Waals surface area contributed by atoms with Crippen LogP contribution in [-0.4, -0.2) is 37.4 Å². The number of carbonyl (C=O) groups excluding carboxylic acids is 1. The van der Waals surface area contributed by atoms with E-state index in [4.69, 9.17) is 14.6 Å². The molecule has 1 unspecified atom stereocenters. The molecule has 106 valence electrons. The fourth-order valence-corrected chi connectivity index (χ4v) is 1.58. The molecular weight excluding hydrogens is 246 g/mol. The second kappa shape index (κ2) is 7.63. The maximum absolute atomic E-state index is 11.6. The number of aliphatic hydroxyl groups excluding tert-OH is 1. The van der Waals surface area contributed by atoms with Gasteiger partial charge in [-0.3, -0.25) is 4.79 Å². The lowest BCUT2D eigenvalue weighted by molar-refractivity contribution is -0.124. The molecule has 1 amide bonds. The Morgan fingerprint density at radius 3 is 2.74 bits per heavy atom. The summed E-state index contributed by atoms with van der Waals surface area (Å²) in [6.07, 6.45) is 0.677. The van der Waals surface area contributed by atoms with Gasteiger partial charge in [0.15, 0.2) is 18.1 Å². The van der Waals surface area contributed by atoms with Crippen LogP contribution in [0.15, 0.2) is 18.2 Å². The summed E-state index contributed by atoms with van der Waals surface area (Å²) in [5, 5.41) is 11.7. The highest BCUT2D eigenvalue weighted by Gasteiger charge is 2.11. The van der Waals surface area contributed by atoms with Gasteiger partial charge in [0.25, 0.3) is 5.91 Å². The second-order valence-corrected chi connectivity index (χ2v) is 4.30. The lowest BCUT2D eigenvalue weighted by Gasteiger charge is -2.15. The standard InChI is InChI=1S/C14H21NO4/c1-4-11(8-16)15-14(17)9-19-12-6-5-10(2)7-13(12)18-3/h5-7,11,16H,4,8-9H2,1-3H3,(H,15,17). The van der Waals surface area contributed by atoms with Crippen LogP contribution in [0.1, 0.15) is 18.9 Å². The molecule has 0 spiro atoms. The fourth-order valence-electron chi connectivity index (χ4n) is 1.58. The van der Waals surface area contributed by atoms with E-state index < -0.39 is 0 Å². The Hall–Kier alpha value is -1.75. The predicted octanol–water partition coefficient (Wildman–Crippen LogP) is 1.27. The average molecular weight is 267 g/mol. The van der Waals surface area contributed by atoms with E-state index in [1.165, 1.54) is 0 Å². The third-order valence-corrected chi connectivity index (χ3v) is 2.76. The van der Waals surface area contributed by atoms with E-state index in [0.717, 1.165) is 5.56 Å². The SMILES string of the molecule is CCC(CO)NC(=O)COc1ccc(C)cc1OC. The highest BCUT2D eigenvalue weighted by molar-refractivity contribution is 5.77. The number of aryl methyl sites for hydroxylation is 1. The lowest BCUT2D eigenvalue weighted by atomic mass is 10.2. The molecule has 1 aromatic carbocycles. The summed E-state index contributed by atoms with van der Waals surface area (Å²) in [5.74, 6) is 0.867. The summed E-state index contributed by atoms with van der Waals surface area (Å²) in [6, 6.07) is 5.27. The molecule has 0 aliphatic heterocycles. The quantitative estimate of drug-likeness (QED) is 0.780. The first kappa shape index (κ1) is 15.3. The summed E-state index contributed by atoms with van der Waals surface area (Å²) in [7, 11) is 1.56. The van der Waals surface area contributed by atoms with E-state index in [-0.39, 0.29) is 25.2 Å². The Morgan fingerprint density at radius 2 is 2.16 bits per heavy atom. The Morgan fingerprint density at radius 1 is 1.42 bits per heavy atom. The van der Waals surface area contributed by atoms with Gasteiger partial charge in [0.2, 0.25) is 0 Å². The first-order valence-corrected chi connectivity index (χ1v) is 6.28. The minimum Gasteiger partial charge on any atom is -0.493 e. The molecule has 0 bridgehead atoms. The highest BCUT2D eigenvalue weighted by atomic mass is 16.5.